The number of aryl methyl sites for hydroxylation is 1. The number of nitrogens with zero attached hydrogens (tertiary/aromatic N) is 1. The summed E-state index contributed by atoms with van der Waals surface area (Å²) in [5, 5.41) is 3.51. The first-order valence-electron chi connectivity index (χ1n) is 9.31. The molecule has 0 aromatic heterocycles. The summed E-state index contributed by atoms with van der Waals surface area (Å²) in [5.41, 5.74) is 3.67. The van der Waals surface area contributed by atoms with Crippen LogP contribution in [0.4, 0.5) is 0 Å². The maximum absolute atomic E-state index is 13.0. The van der Waals surface area contributed by atoms with Crippen molar-refractivity contribution in [2.45, 2.75) is 43.9 Å². The summed E-state index contributed by atoms with van der Waals surface area (Å²) in [6.07, 6.45) is 7.13. The smallest absolute Gasteiger partial charge is 0.226 e. The number of benzene rings is 1. The minimum Gasteiger partial charge on any atom is -0.342 e. The van der Waals surface area contributed by atoms with Gasteiger partial charge >= 0.3 is 0 Å². The molecule has 5 rings (SSSR count). The summed E-state index contributed by atoms with van der Waals surface area (Å²) < 4.78 is 0. The number of fused-ring (bicyclic) bond motifs is 2. The lowest BCUT2D eigenvalue weighted by Crippen LogP contribution is -2.45. The Bertz CT molecular complexity index is 639. The molecule has 1 saturated carbocycles. The Balaban J connectivity index is 1.29. The van der Waals surface area contributed by atoms with Crippen molar-refractivity contribution in [2.24, 2.45) is 11.3 Å². The van der Waals surface area contributed by atoms with Crippen LogP contribution in [-0.4, -0.2) is 37.0 Å². The van der Waals surface area contributed by atoms with E-state index in [1.807, 2.05) is 0 Å². The molecule has 23 heavy (non-hydrogen) atoms. The summed E-state index contributed by atoms with van der Waals surface area (Å²) in [6, 6.07) is 8.80. The van der Waals surface area contributed by atoms with Gasteiger partial charge in [0.2, 0.25) is 5.91 Å². The van der Waals surface area contributed by atoms with Crippen LogP contribution in [-0.2, 0) is 16.6 Å². The van der Waals surface area contributed by atoms with E-state index in [1.54, 1.807) is 0 Å². The highest BCUT2D eigenvalue weighted by molar-refractivity contribution is 5.85. The lowest BCUT2D eigenvalue weighted by molar-refractivity contribution is -0.135. The van der Waals surface area contributed by atoms with Crippen LogP contribution in [0.2, 0.25) is 0 Å². The zero-order chi connectivity index (χ0) is 15.5. The Hall–Kier alpha value is -1.35. The monoisotopic (exact) mass is 310 g/mol. The van der Waals surface area contributed by atoms with Crippen molar-refractivity contribution >= 4 is 5.91 Å². The molecule has 1 N–H and O–H groups in total. The summed E-state index contributed by atoms with van der Waals surface area (Å²) in [5.74, 6) is 0.712. The average Bonchev–Trinajstić information content (AvgIpc) is 2.95. The Kier molecular flexibility index (Phi) is 2.94. The second-order valence-corrected chi connectivity index (χ2v) is 8.32. The van der Waals surface area contributed by atoms with E-state index in [1.165, 1.54) is 36.8 Å². The van der Waals surface area contributed by atoms with Crippen molar-refractivity contribution in [3.05, 3.63) is 35.4 Å². The average molecular weight is 310 g/mol. The van der Waals surface area contributed by atoms with Crippen LogP contribution in [0.3, 0.4) is 0 Å². The number of rotatable bonds is 1. The van der Waals surface area contributed by atoms with Crippen LogP contribution in [0.15, 0.2) is 24.3 Å². The molecule has 122 valence electrons. The van der Waals surface area contributed by atoms with Crippen LogP contribution in [0.25, 0.3) is 0 Å². The molecule has 1 aromatic carbocycles. The van der Waals surface area contributed by atoms with E-state index < -0.39 is 0 Å². The van der Waals surface area contributed by atoms with E-state index in [2.05, 4.69) is 34.5 Å². The highest BCUT2D eigenvalue weighted by Gasteiger charge is 2.62. The molecule has 0 radical (unpaired) electrons. The van der Waals surface area contributed by atoms with Crippen molar-refractivity contribution in [1.82, 2.24) is 10.2 Å². The number of piperidine rings is 1. The van der Waals surface area contributed by atoms with Crippen molar-refractivity contribution in [1.29, 1.82) is 0 Å². The van der Waals surface area contributed by atoms with Gasteiger partial charge in [-0.2, -0.15) is 0 Å². The number of carbonyl (C=O) groups is 1. The van der Waals surface area contributed by atoms with Gasteiger partial charge in [-0.3, -0.25) is 4.79 Å². The normalized spacial score (nSPS) is 34.1. The molecular formula is C20H26N2O. The van der Waals surface area contributed by atoms with Crippen LogP contribution in [0.5, 0.6) is 0 Å². The van der Waals surface area contributed by atoms with E-state index in [-0.39, 0.29) is 11.3 Å². The number of hydrogen-bond donors (Lipinski definition) is 1. The predicted octanol–water partition coefficient (Wildman–Crippen LogP) is 2.49. The highest BCUT2D eigenvalue weighted by Crippen LogP contribution is 2.62. The third kappa shape index (κ3) is 2.02. The van der Waals surface area contributed by atoms with Gasteiger partial charge < -0.3 is 10.2 Å². The van der Waals surface area contributed by atoms with Crippen molar-refractivity contribution in [3.63, 3.8) is 0 Å². The Morgan fingerprint density at radius 1 is 1.13 bits per heavy atom. The second kappa shape index (κ2) is 4.83. The highest BCUT2D eigenvalue weighted by atomic mass is 16.2. The topological polar surface area (TPSA) is 32.3 Å². The fourth-order valence-corrected chi connectivity index (χ4v) is 5.56. The molecule has 1 aromatic rings. The van der Waals surface area contributed by atoms with Gasteiger partial charge in [0, 0.05) is 31.0 Å². The van der Waals surface area contributed by atoms with E-state index in [9.17, 15) is 4.79 Å². The van der Waals surface area contributed by atoms with Gasteiger partial charge in [0.25, 0.3) is 0 Å². The molecule has 1 amide bonds. The van der Waals surface area contributed by atoms with E-state index >= 15 is 0 Å². The molecule has 0 bridgehead atoms. The molecule has 3 nitrogen and oxygen atoms in total. The summed E-state index contributed by atoms with van der Waals surface area (Å²) >= 11 is 0. The summed E-state index contributed by atoms with van der Waals surface area (Å²) in [4.78, 5) is 15.2. The first-order valence-corrected chi connectivity index (χ1v) is 9.31. The quantitative estimate of drug-likeness (QED) is 0.864. The number of hydrogen-bond acceptors (Lipinski definition) is 2. The Morgan fingerprint density at radius 3 is 2.74 bits per heavy atom. The molecular weight excluding hydrogens is 284 g/mol. The molecule has 3 fully saturated rings. The van der Waals surface area contributed by atoms with Crippen LogP contribution >= 0.6 is 0 Å². The zero-order valence-corrected chi connectivity index (χ0v) is 13.8. The lowest BCUT2D eigenvalue weighted by atomic mass is 9.77. The molecule has 2 unspecified atom stereocenters. The fraction of sp³-hybridized carbons (Fsp3) is 0.650. The number of nitrogens with one attached hydrogen (secondary N) is 1. The van der Waals surface area contributed by atoms with Crippen LogP contribution < -0.4 is 5.32 Å². The molecule has 2 saturated heterocycles. The van der Waals surface area contributed by atoms with Gasteiger partial charge in [0.05, 0.1) is 0 Å². The maximum atomic E-state index is 13.0. The molecule has 2 aliphatic heterocycles. The first-order chi connectivity index (χ1) is 11.2. The van der Waals surface area contributed by atoms with Gasteiger partial charge in [-0.1, -0.05) is 24.3 Å². The summed E-state index contributed by atoms with van der Waals surface area (Å²) in [6.45, 7) is 4.29. The van der Waals surface area contributed by atoms with E-state index in [0.717, 1.165) is 39.0 Å². The largest absolute Gasteiger partial charge is 0.342 e. The van der Waals surface area contributed by atoms with E-state index in [4.69, 9.17) is 0 Å². The minimum atomic E-state index is 0.206. The molecule has 2 aliphatic carbocycles. The zero-order valence-electron chi connectivity index (χ0n) is 13.8. The Morgan fingerprint density at radius 2 is 1.96 bits per heavy atom. The van der Waals surface area contributed by atoms with Crippen LogP contribution in [0.1, 0.15) is 43.2 Å². The van der Waals surface area contributed by atoms with Crippen molar-refractivity contribution in [2.75, 3.05) is 26.2 Å². The summed E-state index contributed by atoms with van der Waals surface area (Å²) in [7, 11) is 0. The number of amides is 1. The predicted molar refractivity (Wildman–Crippen MR) is 90.3 cm³/mol. The number of carbonyl (C=O) groups excluding carboxylic acids is 1. The van der Waals surface area contributed by atoms with Crippen molar-refractivity contribution in [3.8, 4) is 0 Å². The number of likely N-dealkylation sites (tertiary alicyclic amines) is 1. The standard InChI is InChI=1S/C20H26N2O/c23-18(22-11-8-19(9-12-22)7-10-21-14-19)17-13-20(17)6-5-15-3-1-2-4-16(15)20/h1-4,17,21H,5-14H2. The van der Waals surface area contributed by atoms with E-state index in [0.29, 0.717) is 11.3 Å². The minimum absolute atomic E-state index is 0.206. The van der Waals surface area contributed by atoms with Gasteiger partial charge in [-0.25, -0.2) is 0 Å². The third-order valence-corrected chi connectivity index (χ3v) is 7.24. The molecule has 3 heteroatoms. The van der Waals surface area contributed by atoms with Gasteiger partial charge in [0.1, 0.15) is 0 Å². The second-order valence-electron chi connectivity index (χ2n) is 8.32. The van der Waals surface area contributed by atoms with Gasteiger partial charge in [0.15, 0.2) is 0 Å². The van der Waals surface area contributed by atoms with Crippen LogP contribution in [0, 0.1) is 11.3 Å². The van der Waals surface area contributed by atoms with Gasteiger partial charge in [-0.05, 0) is 61.6 Å². The SMILES string of the molecule is O=C(C1CC12CCc1ccccc12)N1CCC2(CCNC2)CC1. The Labute approximate surface area is 138 Å². The lowest BCUT2D eigenvalue weighted by Gasteiger charge is -2.39. The van der Waals surface area contributed by atoms with Gasteiger partial charge in [-0.15, -0.1) is 0 Å². The molecule has 2 atom stereocenters. The molecule has 2 heterocycles. The molecule has 4 aliphatic rings. The van der Waals surface area contributed by atoms with Crippen molar-refractivity contribution < 1.29 is 4.79 Å². The third-order valence-electron chi connectivity index (χ3n) is 7.24. The fourth-order valence-electron chi connectivity index (χ4n) is 5.56. The molecule has 2 spiro atoms. The first kappa shape index (κ1) is 14.0. The maximum Gasteiger partial charge on any atom is 0.226 e.